The fourth-order valence-electron chi connectivity index (χ4n) is 5.71. The predicted octanol–water partition coefficient (Wildman–Crippen LogP) is 1.93. The zero-order valence-corrected chi connectivity index (χ0v) is 22.3. The van der Waals surface area contributed by atoms with E-state index in [4.69, 9.17) is 37.9 Å². The first kappa shape index (κ1) is 26.2. The van der Waals surface area contributed by atoms with Crippen LogP contribution in [0.3, 0.4) is 0 Å². The summed E-state index contributed by atoms with van der Waals surface area (Å²) in [6.07, 6.45) is 1.49. The molecule has 0 radical (unpaired) electrons. The molecule has 0 spiro atoms. The molecule has 11 heteroatoms. The maximum atomic E-state index is 10.0. The Morgan fingerprint density at radius 2 is 1.12 bits per heavy atom. The van der Waals surface area contributed by atoms with E-state index in [1.54, 1.807) is 12.1 Å². The largest absolute Gasteiger partial charge is 0.508 e. The fourth-order valence-corrected chi connectivity index (χ4v) is 5.71. The molecule has 11 nitrogen and oxygen atoms in total. The monoisotopic (exact) mass is 540 g/mol. The van der Waals surface area contributed by atoms with Crippen LogP contribution in [0.1, 0.15) is 12.8 Å². The maximum Gasteiger partial charge on any atom is 0.241 e. The Kier molecular flexibility index (Phi) is 7.11. The number of piperidine rings is 2. The van der Waals surface area contributed by atoms with E-state index >= 15 is 0 Å². The highest BCUT2D eigenvalue weighted by Crippen LogP contribution is 2.36. The molecular weight excluding hydrogens is 504 g/mol. The summed E-state index contributed by atoms with van der Waals surface area (Å²) < 4.78 is 0. The molecule has 2 fully saturated rings. The summed E-state index contributed by atoms with van der Waals surface area (Å²) in [6, 6.07) is 21.0. The van der Waals surface area contributed by atoms with Crippen molar-refractivity contribution in [3.63, 3.8) is 0 Å². The highest BCUT2D eigenvalue weighted by Gasteiger charge is 2.30. The smallest absolute Gasteiger partial charge is 0.241 e. The van der Waals surface area contributed by atoms with E-state index in [1.165, 1.54) is 0 Å². The second kappa shape index (κ2) is 10.9. The van der Waals surface area contributed by atoms with Crippen molar-refractivity contribution in [1.82, 2.24) is 15.0 Å². The first-order chi connectivity index (χ1) is 19.3. The van der Waals surface area contributed by atoms with Gasteiger partial charge in [-0.3, -0.25) is 4.90 Å². The van der Waals surface area contributed by atoms with Gasteiger partial charge in [0.15, 0.2) is 0 Å². The number of hydrogen-bond acceptors (Lipinski definition) is 11. The molecule has 4 aromatic rings. The molecule has 0 unspecified atom stereocenters. The first-order valence-electron chi connectivity index (χ1n) is 13.7. The molecule has 40 heavy (non-hydrogen) atoms. The van der Waals surface area contributed by atoms with Crippen LogP contribution < -0.4 is 37.6 Å². The van der Waals surface area contributed by atoms with Crippen LogP contribution in [0.2, 0.25) is 0 Å². The van der Waals surface area contributed by atoms with Crippen molar-refractivity contribution in [3.8, 4) is 5.75 Å². The third-order valence-electron chi connectivity index (χ3n) is 7.50. The van der Waals surface area contributed by atoms with Crippen LogP contribution in [-0.2, 0) is 0 Å². The molecular formula is C29H36N10O. The third-order valence-corrected chi connectivity index (χ3v) is 7.50. The second-order valence-electron chi connectivity index (χ2n) is 10.9. The fraction of sp³-hybridized carbons (Fsp3) is 0.345. The summed E-state index contributed by atoms with van der Waals surface area (Å²) in [5.41, 5.74) is 27.0. The number of phenolic OH excluding ortho intramolecular Hbond substituents is 1. The van der Waals surface area contributed by atoms with E-state index in [-0.39, 0.29) is 29.9 Å². The SMILES string of the molecule is N[C@@H]1C[C@H](N)CN(c2nc(N3C[C@H](N)C[C@H](N)C3)nc(N(c3ccc(O)cc3)c3ccc4ccccc4c3)n2)C1. The highest BCUT2D eigenvalue weighted by atomic mass is 16.3. The van der Waals surface area contributed by atoms with Crippen molar-refractivity contribution < 1.29 is 5.11 Å². The summed E-state index contributed by atoms with van der Waals surface area (Å²) in [5.74, 6) is 1.61. The molecule has 2 saturated heterocycles. The van der Waals surface area contributed by atoms with Crippen molar-refractivity contribution >= 4 is 40.0 Å². The van der Waals surface area contributed by atoms with Crippen LogP contribution in [0.4, 0.5) is 29.2 Å². The Bertz CT molecular complexity index is 1420. The van der Waals surface area contributed by atoms with Crippen LogP contribution in [0, 0.1) is 0 Å². The lowest BCUT2D eigenvalue weighted by Crippen LogP contribution is -2.54. The number of nitrogens with zero attached hydrogens (tertiary/aromatic N) is 6. The second-order valence-corrected chi connectivity index (χ2v) is 10.9. The van der Waals surface area contributed by atoms with Gasteiger partial charge in [0.2, 0.25) is 17.8 Å². The van der Waals surface area contributed by atoms with Crippen molar-refractivity contribution in [2.75, 3.05) is 40.9 Å². The number of aromatic nitrogens is 3. The van der Waals surface area contributed by atoms with Crippen LogP contribution >= 0.6 is 0 Å². The number of nitrogens with two attached hydrogens (primary N) is 4. The lowest BCUT2D eigenvalue weighted by molar-refractivity contribution is 0.441. The zero-order chi connectivity index (χ0) is 27.8. The first-order valence-corrected chi connectivity index (χ1v) is 13.7. The van der Waals surface area contributed by atoms with Crippen molar-refractivity contribution in [2.45, 2.75) is 37.0 Å². The van der Waals surface area contributed by atoms with Gasteiger partial charge < -0.3 is 37.8 Å². The summed E-state index contributed by atoms with van der Waals surface area (Å²) in [4.78, 5) is 20.9. The van der Waals surface area contributed by atoms with Gasteiger partial charge in [-0.1, -0.05) is 30.3 Å². The normalized spacial score (nSPS) is 23.4. The average molecular weight is 541 g/mol. The van der Waals surface area contributed by atoms with Gasteiger partial charge in [-0.25, -0.2) is 0 Å². The van der Waals surface area contributed by atoms with Gasteiger partial charge in [-0.15, -0.1) is 0 Å². The van der Waals surface area contributed by atoms with E-state index in [2.05, 4.69) is 24.3 Å². The molecule has 1 aromatic heterocycles. The summed E-state index contributed by atoms with van der Waals surface area (Å²) in [7, 11) is 0. The third kappa shape index (κ3) is 5.50. The minimum absolute atomic E-state index is 0.0852. The molecule has 9 N–H and O–H groups in total. The van der Waals surface area contributed by atoms with E-state index in [1.807, 2.05) is 45.0 Å². The lowest BCUT2D eigenvalue weighted by Gasteiger charge is -2.37. The number of anilines is 5. The number of phenols is 1. The molecule has 0 aliphatic carbocycles. The quantitative estimate of drug-likeness (QED) is 0.250. The lowest BCUT2D eigenvalue weighted by atomic mass is 10.0. The molecule has 2 aliphatic heterocycles. The van der Waals surface area contributed by atoms with Crippen LogP contribution in [0.25, 0.3) is 10.8 Å². The van der Waals surface area contributed by atoms with Gasteiger partial charge in [0.1, 0.15) is 5.75 Å². The molecule has 4 atom stereocenters. The molecule has 3 heterocycles. The van der Waals surface area contributed by atoms with E-state index < -0.39 is 0 Å². The Morgan fingerprint density at radius 3 is 1.68 bits per heavy atom. The van der Waals surface area contributed by atoms with E-state index in [9.17, 15) is 5.11 Å². The highest BCUT2D eigenvalue weighted by molar-refractivity contribution is 5.88. The Hall–Kier alpha value is -4.03. The van der Waals surface area contributed by atoms with Crippen LogP contribution in [-0.4, -0.2) is 70.4 Å². The topological polar surface area (TPSA) is 173 Å². The summed E-state index contributed by atoms with van der Waals surface area (Å²) in [5, 5.41) is 12.2. The number of benzene rings is 3. The standard InChI is InChI=1S/C29H36N10O/c30-20-12-21(31)15-37(14-20)27-34-28(38-16-22(32)13-23(33)17-38)36-29(35-27)39(24-7-9-26(40)10-8-24)25-6-5-18-3-1-2-4-19(18)11-25/h1-11,20-23,40H,12-17,30-33H2/t20-,21+,22-,23+. The van der Waals surface area contributed by atoms with Crippen LogP contribution in [0.5, 0.6) is 5.75 Å². The van der Waals surface area contributed by atoms with E-state index in [0.29, 0.717) is 44.0 Å². The molecule has 2 aliphatic rings. The molecule has 0 bridgehead atoms. The Labute approximate surface area is 233 Å². The zero-order valence-electron chi connectivity index (χ0n) is 22.3. The number of rotatable bonds is 5. The molecule has 6 rings (SSSR count). The Morgan fingerprint density at radius 1 is 0.625 bits per heavy atom. The van der Waals surface area contributed by atoms with E-state index in [0.717, 1.165) is 35.0 Å². The van der Waals surface area contributed by atoms with Gasteiger partial charge in [0.25, 0.3) is 0 Å². The van der Waals surface area contributed by atoms with Gasteiger partial charge in [0.05, 0.1) is 0 Å². The van der Waals surface area contributed by atoms with Crippen molar-refractivity contribution in [3.05, 3.63) is 66.7 Å². The van der Waals surface area contributed by atoms with Gasteiger partial charge in [0, 0.05) is 61.7 Å². The average Bonchev–Trinajstić information content (AvgIpc) is 2.93. The molecule has 0 saturated carbocycles. The molecule has 0 amide bonds. The summed E-state index contributed by atoms with van der Waals surface area (Å²) in [6.45, 7) is 2.35. The minimum atomic E-state index is -0.0852. The van der Waals surface area contributed by atoms with Crippen LogP contribution in [0.15, 0.2) is 66.7 Å². The van der Waals surface area contributed by atoms with Gasteiger partial charge in [-0.05, 0) is 60.0 Å². The van der Waals surface area contributed by atoms with Gasteiger partial charge in [-0.2, -0.15) is 15.0 Å². The van der Waals surface area contributed by atoms with Crippen molar-refractivity contribution in [1.29, 1.82) is 0 Å². The molecule has 208 valence electrons. The number of fused-ring (bicyclic) bond motifs is 1. The van der Waals surface area contributed by atoms with Crippen molar-refractivity contribution in [2.24, 2.45) is 22.9 Å². The van der Waals surface area contributed by atoms with Gasteiger partial charge >= 0.3 is 0 Å². The number of hydrogen-bond donors (Lipinski definition) is 5. The minimum Gasteiger partial charge on any atom is -0.508 e. The number of aromatic hydroxyl groups is 1. The maximum absolute atomic E-state index is 10.0. The summed E-state index contributed by atoms with van der Waals surface area (Å²) >= 11 is 0. The molecule has 3 aromatic carbocycles. The predicted molar refractivity (Wildman–Crippen MR) is 159 cm³/mol. The Balaban J connectivity index is 1.51.